The number of aliphatic hydroxyl groups excluding tert-OH is 1. The van der Waals surface area contributed by atoms with E-state index in [1.54, 1.807) is 0 Å². The second-order valence-electron chi connectivity index (χ2n) is 9.05. The van der Waals surface area contributed by atoms with Crippen molar-refractivity contribution in [1.29, 1.82) is 0 Å². The van der Waals surface area contributed by atoms with Crippen molar-refractivity contribution in [3.8, 4) is 0 Å². The number of benzene rings is 3. The number of aryl methyl sites for hydroxylation is 2. The van der Waals surface area contributed by atoms with Crippen LogP contribution in [0.4, 0.5) is 0 Å². The van der Waals surface area contributed by atoms with E-state index in [1.165, 1.54) is 5.56 Å². The van der Waals surface area contributed by atoms with E-state index in [-0.39, 0.29) is 11.8 Å². The fourth-order valence-electron chi connectivity index (χ4n) is 5.09. The molecule has 1 aliphatic carbocycles. The predicted molar refractivity (Wildman–Crippen MR) is 133 cm³/mol. The third-order valence-corrected chi connectivity index (χ3v) is 6.64. The highest BCUT2D eigenvalue weighted by atomic mass is 16.3. The second-order valence-corrected chi connectivity index (χ2v) is 9.05. The molecule has 33 heavy (non-hydrogen) atoms. The van der Waals surface area contributed by atoms with E-state index in [0.717, 1.165) is 46.1 Å². The Bertz CT molecular complexity index is 1220. The Morgan fingerprint density at radius 3 is 2.27 bits per heavy atom. The van der Waals surface area contributed by atoms with Crippen molar-refractivity contribution in [2.24, 2.45) is 0 Å². The van der Waals surface area contributed by atoms with Crippen LogP contribution in [0.1, 0.15) is 51.6 Å². The summed E-state index contributed by atoms with van der Waals surface area (Å²) in [4.78, 5) is 12.9. The lowest BCUT2D eigenvalue weighted by Crippen LogP contribution is -2.34. The molecule has 0 amide bonds. The number of Topliss-reactive ketones (excluding diaryl/α,β-unsaturated/α-hetero) is 1. The molecule has 1 unspecified atom stereocenters. The van der Waals surface area contributed by atoms with Crippen LogP contribution in [-0.4, -0.2) is 28.1 Å². The highest BCUT2D eigenvalue weighted by Gasteiger charge is 2.27. The second kappa shape index (κ2) is 9.34. The third-order valence-electron chi connectivity index (χ3n) is 6.64. The Balaban J connectivity index is 1.41. The Morgan fingerprint density at radius 2 is 1.61 bits per heavy atom. The summed E-state index contributed by atoms with van der Waals surface area (Å²) >= 11 is 0. The van der Waals surface area contributed by atoms with Gasteiger partial charge in [0.1, 0.15) is 0 Å². The van der Waals surface area contributed by atoms with Crippen LogP contribution in [0.15, 0.2) is 78.9 Å². The molecule has 0 saturated carbocycles. The van der Waals surface area contributed by atoms with E-state index < -0.39 is 6.10 Å². The summed E-state index contributed by atoms with van der Waals surface area (Å²) < 4.78 is 2.05. The number of hydrogen-bond donors (Lipinski definition) is 2. The van der Waals surface area contributed by atoms with Crippen LogP contribution in [-0.2, 0) is 13.0 Å². The normalized spacial score (nSPS) is 14.6. The number of nitrogens with zero attached hydrogens (tertiary/aromatic N) is 1. The molecule has 1 atom stereocenters. The average Bonchev–Trinajstić information content (AvgIpc) is 3.14. The van der Waals surface area contributed by atoms with Gasteiger partial charge in [0.15, 0.2) is 5.78 Å². The number of fused-ring (bicyclic) bond motifs is 3. The van der Waals surface area contributed by atoms with Gasteiger partial charge in [-0.3, -0.25) is 4.79 Å². The number of carbonyl (C=O) groups excluding carboxylic acids is 1. The molecule has 0 saturated heterocycles. The zero-order chi connectivity index (χ0) is 22.8. The summed E-state index contributed by atoms with van der Waals surface area (Å²) in [5, 5.41) is 15.8. The molecule has 3 aromatic carbocycles. The molecule has 1 aromatic heterocycles. The van der Waals surface area contributed by atoms with E-state index in [0.29, 0.717) is 19.5 Å². The summed E-state index contributed by atoms with van der Waals surface area (Å²) in [6.45, 7) is 2.90. The van der Waals surface area contributed by atoms with E-state index in [2.05, 4.69) is 59.3 Å². The summed E-state index contributed by atoms with van der Waals surface area (Å²) in [5.41, 5.74) is 6.50. The van der Waals surface area contributed by atoms with Gasteiger partial charge in [-0.2, -0.15) is 0 Å². The van der Waals surface area contributed by atoms with E-state index in [1.807, 2.05) is 36.4 Å². The van der Waals surface area contributed by atoms with Crippen LogP contribution in [0.3, 0.4) is 0 Å². The van der Waals surface area contributed by atoms with Gasteiger partial charge in [-0.1, -0.05) is 72.3 Å². The zero-order valence-corrected chi connectivity index (χ0v) is 19.0. The number of rotatable bonds is 7. The molecule has 4 nitrogen and oxygen atoms in total. The first kappa shape index (κ1) is 21.6. The maximum atomic E-state index is 12.9. The number of hydrogen-bond acceptors (Lipinski definition) is 3. The van der Waals surface area contributed by atoms with Gasteiger partial charge in [-0.25, -0.2) is 0 Å². The summed E-state index contributed by atoms with van der Waals surface area (Å²) in [5.74, 6) is 0.191. The number of nitrogens with one attached hydrogen (secondary N) is 1. The van der Waals surface area contributed by atoms with Crippen LogP contribution in [0.25, 0.3) is 10.9 Å². The molecule has 0 bridgehead atoms. The molecule has 5 rings (SSSR count). The molecular weight excluding hydrogens is 408 g/mol. The van der Waals surface area contributed by atoms with Crippen LogP contribution in [0, 0.1) is 6.92 Å². The fraction of sp³-hybridized carbons (Fsp3) is 0.276. The lowest BCUT2D eigenvalue weighted by molar-refractivity contribution is 0.0956. The smallest absolute Gasteiger partial charge is 0.179 e. The molecule has 4 heteroatoms. The Morgan fingerprint density at radius 1 is 0.939 bits per heavy atom. The first-order valence-corrected chi connectivity index (χ1v) is 11.8. The first-order valence-electron chi connectivity index (χ1n) is 11.8. The highest BCUT2D eigenvalue weighted by molar-refractivity contribution is 6.04. The number of ketones is 1. The molecule has 4 aromatic rings. The maximum absolute atomic E-state index is 12.9. The van der Waals surface area contributed by atoms with E-state index in [4.69, 9.17) is 0 Å². The van der Waals surface area contributed by atoms with Crippen molar-refractivity contribution in [3.63, 3.8) is 0 Å². The lowest BCUT2D eigenvalue weighted by Gasteiger charge is -2.23. The minimum atomic E-state index is -0.629. The molecular formula is C29H30N2O2. The van der Waals surface area contributed by atoms with Gasteiger partial charge in [0.05, 0.1) is 24.4 Å². The number of aromatic nitrogens is 1. The third kappa shape index (κ3) is 4.37. The average molecular weight is 439 g/mol. The van der Waals surface area contributed by atoms with Gasteiger partial charge in [-0.15, -0.1) is 0 Å². The molecule has 2 N–H and O–H groups in total. The Labute approximate surface area is 194 Å². The number of carbonyl (C=O) groups is 1. The maximum Gasteiger partial charge on any atom is 0.179 e. The minimum Gasteiger partial charge on any atom is -0.390 e. The molecule has 0 aliphatic heterocycles. The van der Waals surface area contributed by atoms with Crippen LogP contribution < -0.4 is 5.32 Å². The van der Waals surface area contributed by atoms with Crippen molar-refractivity contribution < 1.29 is 9.90 Å². The first-order chi connectivity index (χ1) is 16.1. The Hall–Kier alpha value is -3.21. The van der Waals surface area contributed by atoms with Gasteiger partial charge in [0.25, 0.3) is 0 Å². The Kier molecular flexibility index (Phi) is 6.12. The SMILES string of the molecule is Cc1ccc2c(c1)c1c(n2CC(O)CNC(c2ccccc2)c2ccccc2)C(=O)CCC1. The van der Waals surface area contributed by atoms with Crippen LogP contribution in [0.5, 0.6) is 0 Å². The summed E-state index contributed by atoms with van der Waals surface area (Å²) in [7, 11) is 0. The topological polar surface area (TPSA) is 54.3 Å². The van der Waals surface area contributed by atoms with E-state index >= 15 is 0 Å². The van der Waals surface area contributed by atoms with Gasteiger partial charge in [0.2, 0.25) is 0 Å². The monoisotopic (exact) mass is 438 g/mol. The minimum absolute atomic E-state index is 0.0124. The molecule has 0 radical (unpaired) electrons. The van der Waals surface area contributed by atoms with E-state index in [9.17, 15) is 9.90 Å². The highest BCUT2D eigenvalue weighted by Crippen LogP contribution is 2.33. The molecule has 168 valence electrons. The quantitative estimate of drug-likeness (QED) is 0.417. The molecule has 1 aliphatic rings. The predicted octanol–water partition coefficient (Wildman–Crippen LogP) is 5.21. The van der Waals surface area contributed by atoms with Crippen LogP contribution in [0.2, 0.25) is 0 Å². The lowest BCUT2D eigenvalue weighted by atomic mass is 9.94. The molecule has 0 fully saturated rings. The zero-order valence-electron chi connectivity index (χ0n) is 19.0. The van der Waals surface area contributed by atoms with Crippen LogP contribution >= 0.6 is 0 Å². The number of aliphatic hydroxyl groups is 1. The van der Waals surface area contributed by atoms with Gasteiger partial charge in [-0.05, 0) is 48.6 Å². The molecule has 1 heterocycles. The van der Waals surface area contributed by atoms with Crippen molar-refractivity contribution in [2.75, 3.05) is 6.54 Å². The van der Waals surface area contributed by atoms with Crippen molar-refractivity contribution in [3.05, 3.63) is 107 Å². The van der Waals surface area contributed by atoms with Crippen molar-refractivity contribution in [2.45, 2.75) is 44.9 Å². The largest absolute Gasteiger partial charge is 0.390 e. The molecule has 0 spiro atoms. The van der Waals surface area contributed by atoms with Gasteiger partial charge < -0.3 is 15.0 Å². The van der Waals surface area contributed by atoms with Crippen molar-refractivity contribution >= 4 is 16.7 Å². The summed E-state index contributed by atoms with van der Waals surface area (Å²) in [6.07, 6.45) is 1.78. The van der Waals surface area contributed by atoms with Gasteiger partial charge in [0, 0.05) is 23.9 Å². The standard InChI is InChI=1S/C29H30N2O2/c1-20-15-16-26-25(17-20)24-13-8-14-27(33)29(24)31(26)19-23(32)18-30-28(21-9-4-2-5-10-21)22-11-6-3-7-12-22/h2-7,9-12,15-17,23,28,30,32H,8,13-14,18-19H2,1H3. The van der Waals surface area contributed by atoms with Gasteiger partial charge >= 0.3 is 0 Å². The fourth-order valence-corrected chi connectivity index (χ4v) is 5.09. The summed E-state index contributed by atoms with van der Waals surface area (Å²) in [6, 6.07) is 26.9. The van der Waals surface area contributed by atoms with Crippen molar-refractivity contribution in [1.82, 2.24) is 9.88 Å².